The van der Waals surface area contributed by atoms with E-state index in [0.717, 1.165) is 10.8 Å². The first-order valence-corrected chi connectivity index (χ1v) is 10.3. The number of nitrogens with one attached hydrogen (secondary N) is 1. The zero-order valence-corrected chi connectivity index (χ0v) is 20.1. The van der Waals surface area contributed by atoms with Gasteiger partial charge in [0.15, 0.2) is 0 Å². The first-order chi connectivity index (χ1) is 13.8. The predicted octanol–water partition coefficient (Wildman–Crippen LogP) is -1.39. The van der Waals surface area contributed by atoms with Gasteiger partial charge in [0.1, 0.15) is 11.7 Å². The average molecular weight is 436 g/mol. The van der Waals surface area contributed by atoms with Gasteiger partial charge in [-0.25, -0.2) is 0 Å². The second-order valence-corrected chi connectivity index (χ2v) is 9.41. The third-order valence-corrected chi connectivity index (χ3v) is 6.96. The first kappa shape index (κ1) is 22.9. The monoisotopic (exact) mass is 436 g/mol. The molecule has 2 aliphatic heterocycles. The molecule has 4 rings (SSSR count). The van der Waals surface area contributed by atoms with Crippen molar-refractivity contribution < 1.29 is 53.8 Å². The summed E-state index contributed by atoms with van der Waals surface area (Å²) in [7, 11) is 0. The van der Waals surface area contributed by atoms with Gasteiger partial charge in [-0.05, 0) is 32.2 Å². The molecule has 2 aliphatic rings. The molecule has 2 heterocycles. The Morgan fingerprint density at radius 2 is 1.93 bits per heavy atom. The molecule has 0 radical (unpaired) electrons. The van der Waals surface area contributed by atoms with Crippen molar-refractivity contribution in [2.45, 2.75) is 36.9 Å². The van der Waals surface area contributed by atoms with Crippen LogP contribution in [0, 0.1) is 5.92 Å². The van der Waals surface area contributed by atoms with E-state index < -0.39 is 39.9 Å². The van der Waals surface area contributed by atoms with Crippen LogP contribution in [0.2, 0.25) is 0 Å². The summed E-state index contributed by atoms with van der Waals surface area (Å²) in [6, 6.07) is 10.2. The number of carboxylic acid groups (broad SMARTS) is 1. The van der Waals surface area contributed by atoms with Crippen molar-refractivity contribution >= 4 is 46.0 Å². The number of anilines is 1. The van der Waals surface area contributed by atoms with Crippen LogP contribution in [0.4, 0.5) is 5.69 Å². The summed E-state index contributed by atoms with van der Waals surface area (Å²) >= 11 is 1.32. The molecule has 1 N–H and O–H groups in total. The number of amides is 2. The minimum absolute atomic E-state index is 0. The van der Waals surface area contributed by atoms with Crippen LogP contribution in [0.15, 0.2) is 36.4 Å². The number of carbonyl (C=O) groups excluding carboxylic acids is 3. The van der Waals surface area contributed by atoms with E-state index in [9.17, 15) is 19.5 Å². The Balaban J connectivity index is 0.00000256. The van der Waals surface area contributed by atoms with Crippen molar-refractivity contribution in [3.05, 3.63) is 36.4 Å². The van der Waals surface area contributed by atoms with Crippen molar-refractivity contribution in [3.63, 3.8) is 0 Å². The van der Waals surface area contributed by atoms with Crippen LogP contribution >= 0.6 is 11.8 Å². The Morgan fingerprint density at radius 3 is 2.60 bits per heavy atom. The van der Waals surface area contributed by atoms with E-state index in [4.69, 9.17) is 4.74 Å². The molecule has 2 amide bonds. The molecule has 0 aromatic heterocycles. The number of fused-ring (bicyclic) bond motifs is 2. The van der Waals surface area contributed by atoms with E-state index in [-0.39, 0.29) is 29.6 Å². The van der Waals surface area contributed by atoms with Gasteiger partial charge in [0.2, 0.25) is 11.8 Å². The molecule has 2 fully saturated rings. The number of rotatable bonds is 5. The summed E-state index contributed by atoms with van der Waals surface area (Å²) in [6.07, 6.45) is 0. The molecule has 152 valence electrons. The fourth-order valence-corrected chi connectivity index (χ4v) is 5.77. The van der Waals surface area contributed by atoms with E-state index in [1.165, 1.54) is 16.7 Å². The van der Waals surface area contributed by atoms with Gasteiger partial charge in [0.25, 0.3) is 0 Å². The summed E-state index contributed by atoms with van der Waals surface area (Å²) in [5, 5.41) is 15.6. The molecule has 2 aromatic rings. The molecule has 0 saturated carbocycles. The maximum Gasteiger partial charge on any atom is 1.00 e. The molecule has 2 aromatic carbocycles. The third-order valence-electron chi connectivity index (χ3n) is 5.39. The SMILES string of the molecule is CCOc1ccc2ccccc2c1NC(=O)C1C(=O)N2C(C(=O)[O-])C(C)(C)S[C@@H]12.[Na+]. The molecule has 7 nitrogen and oxygen atoms in total. The minimum atomic E-state index is -1.30. The van der Waals surface area contributed by atoms with Gasteiger partial charge in [-0.2, -0.15) is 0 Å². The quantitative estimate of drug-likeness (QED) is 0.352. The Morgan fingerprint density at radius 1 is 1.23 bits per heavy atom. The number of nitrogens with zero attached hydrogens (tertiary/aromatic N) is 1. The van der Waals surface area contributed by atoms with E-state index in [1.54, 1.807) is 19.9 Å². The summed E-state index contributed by atoms with van der Waals surface area (Å²) in [4.78, 5) is 38.5. The fourth-order valence-electron chi connectivity index (χ4n) is 4.09. The van der Waals surface area contributed by atoms with Gasteiger partial charge in [0.05, 0.1) is 29.7 Å². The Kier molecular flexibility index (Phi) is 6.43. The number of ether oxygens (including phenoxy) is 1. The van der Waals surface area contributed by atoms with E-state index in [1.807, 2.05) is 37.3 Å². The van der Waals surface area contributed by atoms with Crippen LogP contribution in [0.25, 0.3) is 10.8 Å². The summed E-state index contributed by atoms with van der Waals surface area (Å²) < 4.78 is 4.94. The number of thioether (sulfide) groups is 1. The summed E-state index contributed by atoms with van der Waals surface area (Å²) in [5.41, 5.74) is 0.514. The van der Waals surface area contributed by atoms with Crippen LogP contribution in [-0.4, -0.2) is 45.5 Å². The third kappa shape index (κ3) is 3.60. The van der Waals surface area contributed by atoms with Crippen LogP contribution < -0.4 is 44.7 Å². The molecule has 0 spiro atoms. The van der Waals surface area contributed by atoms with Crippen molar-refractivity contribution in [3.8, 4) is 5.75 Å². The summed E-state index contributed by atoms with van der Waals surface area (Å²) in [6.45, 7) is 5.77. The molecule has 0 aliphatic carbocycles. The number of benzene rings is 2. The van der Waals surface area contributed by atoms with Gasteiger partial charge in [-0.3, -0.25) is 9.59 Å². The van der Waals surface area contributed by atoms with Crippen LogP contribution in [0.5, 0.6) is 5.75 Å². The Labute approximate surface area is 200 Å². The largest absolute Gasteiger partial charge is 1.00 e. The molecular weight excluding hydrogens is 415 g/mol. The zero-order chi connectivity index (χ0) is 20.9. The zero-order valence-electron chi connectivity index (χ0n) is 17.3. The van der Waals surface area contributed by atoms with Gasteiger partial charge in [0, 0.05) is 10.1 Å². The van der Waals surface area contributed by atoms with Crippen molar-refractivity contribution in [2.24, 2.45) is 5.92 Å². The van der Waals surface area contributed by atoms with Gasteiger partial charge in [-0.1, -0.05) is 30.3 Å². The minimum Gasteiger partial charge on any atom is -0.548 e. The number of aliphatic carboxylic acids is 1. The Bertz CT molecular complexity index is 1030. The molecular formula is C21H21N2NaO5S. The number of β-lactam (4-membered cyclic amide) rings is 1. The maximum atomic E-state index is 13.0. The second kappa shape index (κ2) is 8.42. The topological polar surface area (TPSA) is 98.8 Å². The average Bonchev–Trinajstić information content (AvgIpc) is 2.91. The number of carbonyl (C=O) groups is 3. The van der Waals surface area contributed by atoms with Gasteiger partial charge in [-0.15, -0.1) is 11.8 Å². The van der Waals surface area contributed by atoms with Gasteiger partial charge < -0.3 is 24.9 Å². The number of carboxylic acids is 1. The van der Waals surface area contributed by atoms with E-state index in [2.05, 4.69) is 5.32 Å². The number of hydrogen-bond acceptors (Lipinski definition) is 6. The molecule has 30 heavy (non-hydrogen) atoms. The van der Waals surface area contributed by atoms with Crippen molar-refractivity contribution in [2.75, 3.05) is 11.9 Å². The van der Waals surface area contributed by atoms with Crippen molar-refractivity contribution in [1.29, 1.82) is 0 Å². The summed E-state index contributed by atoms with van der Waals surface area (Å²) in [5.74, 6) is -2.68. The molecule has 0 bridgehead atoms. The smallest absolute Gasteiger partial charge is 0.548 e. The Hall–Kier alpha value is -1.74. The second-order valence-electron chi connectivity index (χ2n) is 7.64. The number of hydrogen-bond donors (Lipinski definition) is 1. The molecule has 3 atom stereocenters. The molecule has 2 saturated heterocycles. The van der Waals surface area contributed by atoms with E-state index in [0.29, 0.717) is 18.0 Å². The molecule has 2 unspecified atom stereocenters. The van der Waals surface area contributed by atoms with Crippen molar-refractivity contribution in [1.82, 2.24) is 4.90 Å². The normalized spacial score (nSPS) is 23.9. The molecule has 9 heteroatoms. The first-order valence-electron chi connectivity index (χ1n) is 9.42. The maximum absolute atomic E-state index is 13.0. The standard InChI is InChI=1S/C21H22N2O5S.Na/c1-4-28-13-10-9-11-7-5-6-8-12(11)15(13)22-17(24)14-18(25)23-16(20(26)27)21(2,3)29-19(14)23;/h5-10,14,16,19H,4H2,1-3H3,(H,22,24)(H,26,27);/q;+1/p-1/t14?,16?,19-;/m0./s1. The van der Waals surface area contributed by atoms with Crippen LogP contribution in [0.3, 0.4) is 0 Å². The van der Waals surface area contributed by atoms with Crippen LogP contribution in [0.1, 0.15) is 20.8 Å². The predicted molar refractivity (Wildman–Crippen MR) is 108 cm³/mol. The van der Waals surface area contributed by atoms with Crippen LogP contribution in [-0.2, 0) is 14.4 Å². The van der Waals surface area contributed by atoms with E-state index >= 15 is 0 Å². The van der Waals surface area contributed by atoms with Gasteiger partial charge >= 0.3 is 29.6 Å². The fraction of sp³-hybridized carbons (Fsp3) is 0.381.